The van der Waals surface area contributed by atoms with Gasteiger partial charge in [0.2, 0.25) is 0 Å². The molecule has 0 aliphatic heterocycles. The van der Waals surface area contributed by atoms with Gasteiger partial charge in [-0.15, -0.1) is 0 Å². The summed E-state index contributed by atoms with van der Waals surface area (Å²) in [6.07, 6.45) is 0.875. The molecule has 20 heavy (non-hydrogen) atoms. The van der Waals surface area contributed by atoms with Crippen LogP contribution in [0.5, 0.6) is 11.5 Å². The number of hydrogen-bond donors (Lipinski definition) is 0. The fourth-order valence-corrected chi connectivity index (χ4v) is 2.15. The highest BCUT2D eigenvalue weighted by Crippen LogP contribution is 2.36. The van der Waals surface area contributed by atoms with Crippen molar-refractivity contribution in [1.29, 1.82) is 0 Å². The molecule has 0 spiro atoms. The Morgan fingerprint density at radius 1 is 1.25 bits per heavy atom. The number of nitrogens with zero attached hydrogens (tertiary/aromatic N) is 1. The Kier molecular flexibility index (Phi) is 6.65. The Balaban J connectivity index is 3.12. The van der Waals surface area contributed by atoms with Crippen molar-refractivity contribution >= 4 is 17.5 Å². The van der Waals surface area contributed by atoms with Crippen LogP contribution >= 0.6 is 11.6 Å². The third-order valence-electron chi connectivity index (χ3n) is 2.98. The number of hydrogen-bond acceptors (Lipinski definition) is 3. The molecule has 0 heterocycles. The summed E-state index contributed by atoms with van der Waals surface area (Å²) < 4.78 is 10.9. The van der Waals surface area contributed by atoms with E-state index >= 15 is 0 Å². The number of amides is 1. The first-order valence-corrected chi connectivity index (χ1v) is 7.26. The highest BCUT2D eigenvalue weighted by Gasteiger charge is 2.18. The fourth-order valence-electron chi connectivity index (χ4n) is 1.88. The topological polar surface area (TPSA) is 38.8 Å². The summed E-state index contributed by atoms with van der Waals surface area (Å²) in [7, 11) is 1.54. The van der Waals surface area contributed by atoms with Crippen molar-refractivity contribution in [3.05, 3.63) is 22.7 Å². The first-order chi connectivity index (χ1) is 9.58. The van der Waals surface area contributed by atoms with E-state index in [0.29, 0.717) is 41.8 Å². The van der Waals surface area contributed by atoms with Crippen molar-refractivity contribution in [2.75, 3.05) is 26.8 Å². The monoisotopic (exact) mass is 299 g/mol. The lowest BCUT2D eigenvalue weighted by Crippen LogP contribution is -2.30. The summed E-state index contributed by atoms with van der Waals surface area (Å²) >= 11 is 6.21. The molecule has 0 atom stereocenters. The normalized spacial score (nSPS) is 10.2. The molecule has 0 bridgehead atoms. The molecule has 1 aromatic rings. The van der Waals surface area contributed by atoms with Crippen molar-refractivity contribution in [1.82, 2.24) is 4.90 Å². The van der Waals surface area contributed by atoms with E-state index in [1.807, 2.05) is 20.8 Å². The molecule has 0 saturated heterocycles. The van der Waals surface area contributed by atoms with Crippen molar-refractivity contribution in [3.8, 4) is 11.5 Å². The van der Waals surface area contributed by atoms with Crippen LogP contribution in [-0.2, 0) is 0 Å². The number of halogens is 1. The average molecular weight is 300 g/mol. The van der Waals surface area contributed by atoms with Crippen molar-refractivity contribution in [3.63, 3.8) is 0 Å². The zero-order valence-corrected chi connectivity index (χ0v) is 13.3. The van der Waals surface area contributed by atoms with Crippen LogP contribution in [0.3, 0.4) is 0 Å². The zero-order chi connectivity index (χ0) is 15.1. The lowest BCUT2D eigenvalue weighted by atomic mass is 10.1. The third-order valence-corrected chi connectivity index (χ3v) is 3.26. The number of methoxy groups -OCH3 is 1. The predicted octanol–water partition coefficient (Wildman–Crippen LogP) is 3.62. The summed E-state index contributed by atoms with van der Waals surface area (Å²) in [5.41, 5.74) is 0.513. The molecule has 0 N–H and O–H groups in total. The maximum atomic E-state index is 12.3. The van der Waals surface area contributed by atoms with E-state index in [1.54, 1.807) is 17.0 Å². The number of carbonyl (C=O) groups is 1. The Morgan fingerprint density at radius 3 is 2.40 bits per heavy atom. The van der Waals surface area contributed by atoms with E-state index in [0.717, 1.165) is 6.42 Å². The minimum Gasteiger partial charge on any atom is -0.493 e. The minimum absolute atomic E-state index is 0.0581. The van der Waals surface area contributed by atoms with Crippen LogP contribution in [0.2, 0.25) is 5.02 Å². The second-order valence-corrected chi connectivity index (χ2v) is 4.72. The van der Waals surface area contributed by atoms with Gasteiger partial charge < -0.3 is 14.4 Å². The Morgan fingerprint density at radius 2 is 1.90 bits per heavy atom. The Bertz CT molecular complexity index is 459. The van der Waals surface area contributed by atoms with E-state index < -0.39 is 0 Å². The Labute approximate surface area is 125 Å². The van der Waals surface area contributed by atoms with Gasteiger partial charge in [-0.1, -0.05) is 18.5 Å². The fraction of sp³-hybridized carbons (Fsp3) is 0.533. The van der Waals surface area contributed by atoms with E-state index in [-0.39, 0.29) is 5.91 Å². The summed E-state index contributed by atoms with van der Waals surface area (Å²) in [4.78, 5) is 14.1. The lowest BCUT2D eigenvalue weighted by molar-refractivity contribution is 0.0772. The molecule has 5 heteroatoms. The van der Waals surface area contributed by atoms with Crippen molar-refractivity contribution in [2.24, 2.45) is 0 Å². The van der Waals surface area contributed by atoms with Crippen LogP contribution in [0.25, 0.3) is 0 Å². The van der Waals surface area contributed by atoms with Gasteiger partial charge in [0, 0.05) is 18.7 Å². The molecule has 0 aromatic heterocycles. The molecule has 1 rings (SSSR count). The van der Waals surface area contributed by atoms with E-state index in [4.69, 9.17) is 21.1 Å². The quantitative estimate of drug-likeness (QED) is 0.772. The smallest absolute Gasteiger partial charge is 0.254 e. The number of rotatable bonds is 7. The van der Waals surface area contributed by atoms with Crippen LogP contribution in [0.1, 0.15) is 37.6 Å². The summed E-state index contributed by atoms with van der Waals surface area (Å²) in [6.45, 7) is 7.77. The van der Waals surface area contributed by atoms with E-state index in [2.05, 4.69) is 0 Å². The molecule has 0 aliphatic carbocycles. The second kappa shape index (κ2) is 8.00. The van der Waals surface area contributed by atoms with Crippen LogP contribution in [-0.4, -0.2) is 37.6 Å². The molecular formula is C15H22ClNO3. The van der Waals surface area contributed by atoms with Crippen LogP contribution < -0.4 is 9.47 Å². The van der Waals surface area contributed by atoms with E-state index in [9.17, 15) is 4.79 Å². The van der Waals surface area contributed by atoms with E-state index in [1.165, 1.54) is 7.11 Å². The molecule has 0 radical (unpaired) electrons. The molecule has 4 nitrogen and oxygen atoms in total. The Hall–Kier alpha value is -1.42. The third kappa shape index (κ3) is 3.79. The molecular weight excluding hydrogens is 278 g/mol. The summed E-state index contributed by atoms with van der Waals surface area (Å²) in [6, 6.07) is 3.31. The SMILES string of the molecule is CCCOc1c(Cl)cc(C(=O)N(CC)CC)cc1OC. The number of benzene rings is 1. The largest absolute Gasteiger partial charge is 0.493 e. The summed E-state index contributed by atoms with van der Waals surface area (Å²) in [5.74, 6) is 0.922. The molecule has 1 aromatic carbocycles. The minimum atomic E-state index is -0.0581. The van der Waals surface area contributed by atoms with Crippen molar-refractivity contribution in [2.45, 2.75) is 27.2 Å². The second-order valence-electron chi connectivity index (χ2n) is 4.32. The van der Waals surface area contributed by atoms with Gasteiger partial charge in [0.25, 0.3) is 5.91 Å². The highest BCUT2D eigenvalue weighted by molar-refractivity contribution is 6.32. The van der Waals surface area contributed by atoms with Crippen molar-refractivity contribution < 1.29 is 14.3 Å². The maximum Gasteiger partial charge on any atom is 0.254 e. The van der Waals surface area contributed by atoms with Crippen LogP contribution in [0.15, 0.2) is 12.1 Å². The molecule has 1 amide bonds. The van der Waals surface area contributed by atoms with Crippen LogP contribution in [0.4, 0.5) is 0 Å². The highest BCUT2D eigenvalue weighted by atomic mass is 35.5. The van der Waals surface area contributed by atoms with Gasteiger partial charge in [0.1, 0.15) is 0 Å². The standard InChI is InChI=1S/C15H22ClNO3/c1-5-8-20-14-12(16)9-11(10-13(14)19-4)15(18)17(6-2)7-3/h9-10H,5-8H2,1-4H3. The van der Waals surface area contributed by atoms with Gasteiger partial charge in [-0.3, -0.25) is 4.79 Å². The van der Waals surface area contributed by atoms with Gasteiger partial charge in [-0.25, -0.2) is 0 Å². The average Bonchev–Trinajstić information content (AvgIpc) is 2.46. The molecule has 0 unspecified atom stereocenters. The van der Waals surface area contributed by atoms with Gasteiger partial charge in [0.05, 0.1) is 18.7 Å². The van der Waals surface area contributed by atoms with Crippen LogP contribution in [0, 0.1) is 0 Å². The van der Waals surface area contributed by atoms with Gasteiger partial charge >= 0.3 is 0 Å². The van der Waals surface area contributed by atoms with Gasteiger partial charge in [-0.05, 0) is 32.4 Å². The lowest BCUT2D eigenvalue weighted by Gasteiger charge is -2.20. The number of ether oxygens (including phenoxy) is 2. The first kappa shape index (κ1) is 16.6. The van der Waals surface area contributed by atoms with Gasteiger partial charge in [-0.2, -0.15) is 0 Å². The first-order valence-electron chi connectivity index (χ1n) is 6.88. The number of carbonyl (C=O) groups excluding carboxylic acids is 1. The molecule has 112 valence electrons. The maximum absolute atomic E-state index is 12.3. The summed E-state index contributed by atoms with van der Waals surface area (Å²) in [5, 5.41) is 0.397. The predicted molar refractivity (Wildman–Crippen MR) is 81.0 cm³/mol. The zero-order valence-electron chi connectivity index (χ0n) is 12.5. The molecule has 0 fully saturated rings. The molecule has 0 saturated carbocycles. The van der Waals surface area contributed by atoms with Gasteiger partial charge in [0.15, 0.2) is 11.5 Å². The molecule has 0 aliphatic rings.